The zero-order valence-electron chi connectivity index (χ0n) is 16.1. The first-order valence-electron chi connectivity index (χ1n) is 8.77. The van der Waals surface area contributed by atoms with Gasteiger partial charge in [0.15, 0.2) is 6.17 Å². The smallest absolute Gasteiger partial charge is 0.330 e. The molecule has 28 heavy (non-hydrogen) atoms. The lowest BCUT2D eigenvalue weighted by Gasteiger charge is -2.36. The number of rotatable bonds is 4. The minimum atomic E-state index is -0.792. The molecule has 0 N–H and O–H groups in total. The Labute approximate surface area is 182 Å². The molecule has 1 aliphatic heterocycles. The van der Waals surface area contributed by atoms with Crippen molar-refractivity contribution in [3.05, 3.63) is 49.3 Å². The van der Waals surface area contributed by atoms with Gasteiger partial charge in [0.1, 0.15) is 4.32 Å². The molecular formula is C18H21Cl2N3O3S2. The van der Waals surface area contributed by atoms with Crippen LogP contribution in [0.2, 0.25) is 10.0 Å². The van der Waals surface area contributed by atoms with Gasteiger partial charge in [0.2, 0.25) is 0 Å². The van der Waals surface area contributed by atoms with Gasteiger partial charge >= 0.3 is 11.4 Å². The molecule has 1 fully saturated rings. The molecule has 152 valence electrons. The largest absolute Gasteiger partial charge is 0.447 e. The summed E-state index contributed by atoms with van der Waals surface area (Å²) in [5.41, 5.74) is -0.297. The average Bonchev–Trinajstić information content (AvgIpc) is 3.00. The zero-order valence-corrected chi connectivity index (χ0v) is 19.2. The molecule has 2 heterocycles. The second kappa shape index (κ2) is 7.55. The summed E-state index contributed by atoms with van der Waals surface area (Å²) >= 11 is 19.1. The fourth-order valence-corrected chi connectivity index (χ4v) is 5.55. The van der Waals surface area contributed by atoms with Crippen molar-refractivity contribution in [3.8, 4) is 5.69 Å². The van der Waals surface area contributed by atoms with Crippen LogP contribution in [-0.2, 0) is 0 Å². The van der Waals surface area contributed by atoms with Crippen molar-refractivity contribution in [3.63, 3.8) is 0 Å². The van der Waals surface area contributed by atoms with E-state index < -0.39 is 22.4 Å². The molecular weight excluding hydrogens is 441 g/mol. The third-order valence-corrected chi connectivity index (χ3v) is 7.29. The Kier molecular flexibility index (Phi) is 5.80. The number of hydrogen-bond donors (Lipinski definition) is 0. The van der Waals surface area contributed by atoms with Crippen molar-refractivity contribution in [2.45, 2.75) is 51.6 Å². The van der Waals surface area contributed by atoms with Crippen LogP contribution in [0.3, 0.4) is 0 Å². The maximum absolute atomic E-state index is 13.2. The summed E-state index contributed by atoms with van der Waals surface area (Å²) in [5.74, 6) is -0.506. The minimum Gasteiger partial charge on any atom is -0.330 e. The zero-order chi connectivity index (χ0) is 21.0. The van der Waals surface area contributed by atoms with E-state index in [0.717, 1.165) is 9.31 Å². The standard InChI is InChI=1S/C18H21Cl2N3O3S2/c1-9(2)10(3)21-14(18(4,5)28-17(21)27)23-15(24)22(16(25)26-23)11-6-7-12(19)13(20)8-11/h6-10,14H,1-5H3/t10-,14-/m0/s1. The van der Waals surface area contributed by atoms with Crippen molar-refractivity contribution in [2.75, 3.05) is 0 Å². The quantitative estimate of drug-likeness (QED) is 0.622. The van der Waals surface area contributed by atoms with Crippen LogP contribution in [0.4, 0.5) is 0 Å². The normalized spacial score (nSPS) is 20.2. The van der Waals surface area contributed by atoms with Gasteiger partial charge in [-0.25, -0.2) is 9.59 Å². The molecule has 0 amide bonds. The molecule has 6 nitrogen and oxygen atoms in total. The van der Waals surface area contributed by atoms with Gasteiger partial charge in [-0.2, -0.15) is 4.57 Å². The van der Waals surface area contributed by atoms with Crippen molar-refractivity contribution in [2.24, 2.45) is 5.92 Å². The Morgan fingerprint density at radius 1 is 1.18 bits per heavy atom. The predicted octanol–water partition coefficient (Wildman–Crippen LogP) is 4.55. The molecule has 1 aliphatic rings. The molecule has 3 rings (SSSR count). The van der Waals surface area contributed by atoms with Crippen molar-refractivity contribution in [1.29, 1.82) is 0 Å². The second-order valence-corrected chi connectivity index (χ2v) is 10.7. The van der Waals surface area contributed by atoms with E-state index in [2.05, 4.69) is 13.8 Å². The van der Waals surface area contributed by atoms with E-state index in [1.807, 2.05) is 25.7 Å². The molecule has 10 heteroatoms. The monoisotopic (exact) mass is 461 g/mol. The van der Waals surface area contributed by atoms with Gasteiger partial charge in [-0.15, -0.1) is 4.74 Å². The van der Waals surface area contributed by atoms with Crippen molar-refractivity contribution < 1.29 is 4.52 Å². The molecule has 0 radical (unpaired) electrons. The molecule has 0 spiro atoms. The van der Waals surface area contributed by atoms with Crippen LogP contribution >= 0.6 is 47.2 Å². The lowest BCUT2D eigenvalue weighted by molar-refractivity contribution is 0.0586. The number of hydrogen-bond acceptors (Lipinski definition) is 5. The molecule has 0 saturated carbocycles. The van der Waals surface area contributed by atoms with E-state index in [-0.39, 0.29) is 17.0 Å². The second-order valence-electron chi connectivity index (χ2n) is 7.64. The van der Waals surface area contributed by atoms with E-state index in [1.165, 1.54) is 23.9 Å². The lowest BCUT2D eigenvalue weighted by Crippen LogP contribution is -2.47. The van der Waals surface area contributed by atoms with Crippen molar-refractivity contribution in [1.82, 2.24) is 14.2 Å². The van der Waals surface area contributed by atoms with Gasteiger partial charge in [0.25, 0.3) is 0 Å². The van der Waals surface area contributed by atoms with Crippen LogP contribution in [0.1, 0.15) is 40.8 Å². The highest BCUT2D eigenvalue weighted by molar-refractivity contribution is 8.24. The summed E-state index contributed by atoms with van der Waals surface area (Å²) in [5, 5.41) is 0.573. The first kappa shape index (κ1) is 21.5. The first-order chi connectivity index (χ1) is 13.0. The highest BCUT2D eigenvalue weighted by atomic mass is 35.5. The van der Waals surface area contributed by atoms with E-state index in [1.54, 1.807) is 6.07 Å². The number of benzene rings is 1. The highest BCUT2D eigenvalue weighted by Gasteiger charge is 2.50. The van der Waals surface area contributed by atoms with Gasteiger partial charge in [-0.05, 0) is 44.9 Å². The van der Waals surface area contributed by atoms with E-state index in [0.29, 0.717) is 15.0 Å². The molecule has 0 bridgehead atoms. The molecule has 1 aromatic carbocycles. The molecule has 2 aromatic rings. The number of halogens is 2. The van der Waals surface area contributed by atoms with Crippen LogP contribution in [0.5, 0.6) is 0 Å². The summed E-state index contributed by atoms with van der Waals surface area (Å²) in [6.45, 7) is 10.2. The fraction of sp³-hybridized carbons (Fsp3) is 0.500. The number of thiocarbonyl (C=S) groups is 1. The number of thioether (sulfide) groups is 1. The summed E-state index contributed by atoms with van der Waals surface area (Å²) in [6.07, 6.45) is -0.536. The number of aromatic nitrogens is 2. The van der Waals surface area contributed by atoms with Crippen LogP contribution in [-0.4, -0.2) is 29.3 Å². The summed E-state index contributed by atoms with van der Waals surface area (Å²) < 4.78 is 7.69. The Morgan fingerprint density at radius 2 is 1.82 bits per heavy atom. The van der Waals surface area contributed by atoms with Gasteiger partial charge < -0.3 is 9.42 Å². The lowest BCUT2D eigenvalue weighted by atomic mass is 10.0. The maximum atomic E-state index is 13.2. The Bertz CT molecular complexity index is 1040. The average molecular weight is 462 g/mol. The first-order valence-corrected chi connectivity index (χ1v) is 10.8. The SMILES string of the molecule is CC(C)[C@H](C)N1C(=S)SC(C)(C)[C@@H]1n1oc(=O)n(-c2ccc(Cl)c(Cl)c2)c1=O. The van der Waals surface area contributed by atoms with Crippen LogP contribution < -0.4 is 11.4 Å². The topological polar surface area (TPSA) is 60.4 Å². The van der Waals surface area contributed by atoms with Gasteiger partial charge in [-0.3, -0.25) is 0 Å². The summed E-state index contributed by atoms with van der Waals surface area (Å²) in [7, 11) is 0. The predicted molar refractivity (Wildman–Crippen MR) is 118 cm³/mol. The molecule has 0 unspecified atom stereocenters. The van der Waals surface area contributed by atoms with Gasteiger partial charge in [0, 0.05) is 6.04 Å². The third kappa shape index (κ3) is 3.56. The van der Waals surface area contributed by atoms with E-state index in [9.17, 15) is 9.59 Å². The molecule has 1 aromatic heterocycles. The molecule has 2 atom stereocenters. The van der Waals surface area contributed by atoms with E-state index in [4.69, 9.17) is 39.9 Å². The molecule has 0 aliphatic carbocycles. The Balaban J connectivity index is 2.18. The summed E-state index contributed by atoms with van der Waals surface area (Å²) in [4.78, 5) is 27.7. The summed E-state index contributed by atoms with van der Waals surface area (Å²) in [6, 6.07) is 4.59. The Morgan fingerprint density at radius 3 is 2.39 bits per heavy atom. The molecule has 1 saturated heterocycles. The van der Waals surface area contributed by atoms with Crippen LogP contribution in [0, 0.1) is 5.92 Å². The van der Waals surface area contributed by atoms with Crippen molar-refractivity contribution >= 4 is 51.5 Å². The third-order valence-electron chi connectivity index (χ3n) is 4.97. The van der Waals surface area contributed by atoms with Gasteiger partial charge in [0.05, 0.1) is 20.5 Å². The Hall–Kier alpha value is -1.22. The fourth-order valence-electron chi connectivity index (χ4n) is 3.21. The number of nitrogens with zero attached hydrogens (tertiary/aromatic N) is 3. The highest BCUT2D eigenvalue weighted by Crippen LogP contribution is 2.48. The van der Waals surface area contributed by atoms with E-state index >= 15 is 0 Å². The maximum Gasteiger partial charge on any atom is 0.447 e. The van der Waals surface area contributed by atoms with Crippen LogP contribution in [0.25, 0.3) is 5.69 Å². The van der Waals surface area contributed by atoms with Gasteiger partial charge in [-0.1, -0.05) is 61.0 Å². The minimum absolute atomic E-state index is 0.0531. The van der Waals surface area contributed by atoms with Crippen LogP contribution in [0.15, 0.2) is 32.3 Å².